The number of hydrogen-bond acceptors (Lipinski definition) is 8. The second-order valence-corrected chi connectivity index (χ2v) is 9.12. The molecule has 1 amide bonds. The molecule has 2 N–H and O–H groups in total. The van der Waals surface area contributed by atoms with Gasteiger partial charge in [0, 0.05) is 44.9 Å². The number of hydrogen-bond donors (Lipinski definition) is 2. The number of methoxy groups -OCH3 is 1. The minimum absolute atomic E-state index is 0.0198. The molecule has 0 aliphatic carbocycles. The van der Waals surface area contributed by atoms with Gasteiger partial charge >= 0.3 is 0 Å². The number of nitrogens with one attached hydrogen (secondary N) is 2. The van der Waals surface area contributed by atoms with E-state index in [0.29, 0.717) is 12.2 Å². The molecular weight excluding hydrogens is 442 g/mol. The Labute approximate surface area is 186 Å². The molecule has 1 heterocycles. The van der Waals surface area contributed by atoms with Crippen molar-refractivity contribution in [2.24, 2.45) is 13.0 Å². The number of rotatable bonds is 11. The van der Waals surface area contributed by atoms with Gasteiger partial charge in [-0.15, -0.1) is 0 Å². The Morgan fingerprint density at radius 1 is 1.34 bits per heavy atom. The molecule has 0 aliphatic heterocycles. The average Bonchev–Trinajstić information content (AvgIpc) is 3.01. The molecule has 32 heavy (non-hydrogen) atoms. The Hall–Kier alpha value is -3.03. The summed E-state index contributed by atoms with van der Waals surface area (Å²) in [5.74, 6) is -0.438. The zero-order valence-electron chi connectivity index (χ0n) is 18.5. The summed E-state index contributed by atoms with van der Waals surface area (Å²) < 4.78 is 40.1. The van der Waals surface area contributed by atoms with Crippen LogP contribution in [0.15, 0.2) is 23.1 Å². The average molecular weight is 470 g/mol. The first kappa shape index (κ1) is 25.2. The van der Waals surface area contributed by atoms with Crippen molar-refractivity contribution in [1.29, 1.82) is 0 Å². The molecule has 0 saturated carbocycles. The van der Waals surface area contributed by atoms with Gasteiger partial charge in [0.25, 0.3) is 11.6 Å². The number of benzene rings is 1. The van der Waals surface area contributed by atoms with E-state index in [1.165, 1.54) is 24.9 Å². The van der Waals surface area contributed by atoms with Crippen molar-refractivity contribution in [2.45, 2.75) is 25.7 Å². The monoisotopic (exact) mass is 469 g/mol. The van der Waals surface area contributed by atoms with Crippen molar-refractivity contribution in [3.63, 3.8) is 0 Å². The lowest BCUT2D eigenvalue weighted by Crippen LogP contribution is -2.28. The van der Waals surface area contributed by atoms with E-state index in [1.54, 1.807) is 6.92 Å². The van der Waals surface area contributed by atoms with Crippen LogP contribution in [0.25, 0.3) is 0 Å². The molecule has 0 bridgehead atoms. The maximum absolute atomic E-state index is 12.8. The van der Waals surface area contributed by atoms with Crippen LogP contribution in [0.2, 0.25) is 0 Å². The minimum atomic E-state index is -4.11. The van der Waals surface area contributed by atoms with Gasteiger partial charge < -0.3 is 14.8 Å². The number of nitro groups is 1. The lowest BCUT2D eigenvalue weighted by atomic mass is 10.2. The topological polar surface area (TPSA) is 155 Å². The van der Waals surface area contributed by atoms with Crippen LogP contribution in [0.3, 0.4) is 0 Å². The first-order valence-corrected chi connectivity index (χ1v) is 11.2. The van der Waals surface area contributed by atoms with E-state index in [9.17, 15) is 23.3 Å². The van der Waals surface area contributed by atoms with Gasteiger partial charge in [0.2, 0.25) is 15.9 Å². The summed E-state index contributed by atoms with van der Waals surface area (Å²) in [6, 6.07) is 3.27. The molecule has 176 valence electrons. The Morgan fingerprint density at radius 3 is 2.62 bits per heavy atom. The normalized spacial score (nSPS) is 11.6. The Morgan fingerprint density at radius 2 is 2.03 bits per heavy atom. The zero-order valence-corrected chi connectivity index (χ0v) is 19.4. The van der Waals surface area contributed by atoms with E-state index >= 15 is 0 Å². The van der Waals surface area contributed by atoms with Crippen molar-refractivity contribution in [3.05, 3.63) is 39.6 Å². The molecule has 0 unspecified atom stereocenters. The van der Waals surface area contributed by atoms with Gasteiger partial charge in [0.1, 0.15) is 10.6 Å². The first-order valence-electron chi connectivity index (χ1n) is 9.74. The minimum Gasteiger partial charge on any atom is -0.438 e. The SMILES string of the molecule is COCCNC(=O)c1nn(C)c(Oc2ccc([N+](=O)[O-])cc2S(=O)(=O)NCC(C)C)c1C. The number of aromatic nitrogens is 2. The smallest absolute Gasteiger partial charge is 0.272 e. The van der Waals surface area contributed by atoms with Crippen LogP contribution in [-0.4, -0.2) is 55.8 Å². The summed E-state index contributed by atoms with van der Waals surface area (Å²) in [5, 5.41) is 18.0. The highest BCUT2D eigenvalue weighted by molar-refractivity contribution is 7.89. The number of carbonyl (C=O) groups is 1. The summed E-state index contributed by atoms with van der Waals surface area (Å²) in [5.41, 5.74) is 0.0734. The van der Waals surface area contributed by atoms with Crippen molar-refractivity contribution in [2.75, 3.05) is 26.8 Å². The summed E-state index contributed by atoms with van der Waals surface area (Å²) >= 11 is 0. The van der Waals surface area contributed by atoms with E-state index in [1.807, 2.05) is 13.8 Å². The number of ether oxygens (including phenoxy) is 2. The van der Waals surface area contributed by atoms with Crippen LogP contribution in [0.5, 0.6) is 11.6 Å². The quantitative estimate of drug-likeness (QED) is 0.286. The van der Waals surface area contributed by atoms with E-state index in [0.717, 1.165) is 12.1 Å². The van der Waals surface area contributed by atoms with Crippen LogP contribution < -0.4 is 14.8 Å². The van der Waals surface area contributed by atoms with Crippen LogP contribution >= 0.6 is 0 Å². The third kappa shape index (κ3) is 6.02. The van der Waals surface area contributed by atoms with Crippen molar-refractivity contribution < 1.29 is 27.6 Å². The lowest BCUT2D eigenvalue weighted by molar-refractivity contribution is -0.385. The van der Waals surface area contributed by atoms with Crippen LogP contribution in [0.1, 0.15) is 29.9 Å². The Bertz CT molecular complexity index is 1100. The van der Waals surface area contributed by atoms with Crippen molar-refractivity contribution in [3.8, 4) is 11.6 Å². The van der Waals surface area contributed by atoms with E-state index in [-0.39, 0.29) is 41.2 Å². The Balaban J connectivity index is 2.45. The Kier molecular flexibility index (Phi) is 8.30. The standard InChI is InChI=1S/C19H27N5O7S/c1-12(2)11-21-32(28,29)16-10-14(24(26)27)6-7-15(16)31-19-13(3)17(22-23(19)4)18(25)20-8-9-30-5/h6-7,10,12,21H,8-9,11H2,1-5H3,(H,20,25). The molecule has 1 aromatic heterocycles. The van der Waals surface area contributed by atoms with E-state index in [4.69, 9.17) is 9.47 Å². The molecular formula is C19H27N5O7S. The van der Waals surface area contributed by atoms with Gasteiger partial charge in [-0.2, -0.15) is 5.10 Å². The van der Waals surface area contributed by atoms with Gasteiger partial charge in [-0.1, -0.05) is 13.8 Å². The van der Waals surface area contributed by atoms with Gasteiger partial charge in [-0.25, -0.2) is 17.8 Å². The van der Waals surface area contributed by atoms with E-state index < -0.39 is 26.5 Å². The molecule has 1 aromatic carbocycles. The molecule has 0 atom stereocenters. The molecule has 0 radical (unpaired) electrons. The molecule has 0 spiro atoms. The maximum atomic E-state index is 12.8. The van der Waals surface area contributed by atoms with Gasteiger partial charge in [0.05, 0.1) is 11.5 Å². The first-order chi connectivity index (χ1) is 15.0. The predicted molar refractivity (Wildman–Crippen MR) is 115 cm³/mol. The summed E-state index contributed by atoms with van der Waals surface area (Å²) in [7, 11) is -1.07. The highest BCUT2D eigenvalue weighted by atomic mass is 32.2. The van der Waals surface area contributed by atoms with Gasteiger partial charge in [0.15, 0.2) is 5.69 Å². The fraction of sp³-hybridized carbons (Fsp3) is 0.474. The second kappa shape index (κ2) is 10.5. The number of aryl methyl sites for hydroxylation is 1. The third-order valence-electron chi connectivity index (χ3n) is 4.34. The molecule has 0 aliphatic rings. The number of carbonyl (C=O) groups excluding carboxylic acids is 1. The predicted octanol–water partition coefficient (Wildman–Crippen LogP) is 1.74. The van der Waals surface area contributed by atoms with Crippen molar-refractivity contribution in [1.82, 2.24) is 19.8 Å². The largest absolute Gasteiger partial charge is 0.438 e. The van der Waals surface area contributed by atoms with Crippen LogP contribution in [0.4, 0.5) is 5.69 Å². The van der Waals surface area contributed by atoms with Gasteiger partial charge in [-0.05, 0) is 18.9 Å². The lowest BCUT2D eigenvalue weighted by Gasteiger charge is -2.14. The van der Waals surface area contributed by atoms with Crippen LogP contribution in [-0.2, 0) is 21.8 Å². The summed E-state index contributed by atoms with van der Waals surface area (Å²) in [6.07, 6.45) is 0. The fourth-order valence-electron chi connectivity index (χ4n) is 2.69. The zero-order chi connectivity index (χ0) is 24.1. The van der Waals surface area contributed by atoms with Crippen molar-refractivity contribution >= 4 is 21.6 Å². The highest BCUT2D eigenvalue weighted by Gasteiger charge is 2.26. The number of sulfonamides is 1. The number of nitro benzene ring substituents is 1. The third-order valence-corrected chi connectivity index (χ3v) is 5.79. The maximum Gasteiger partial charge on any atom is 0.272 e. The fourth-order valence-corrected chi connectivity index (χ4v) is 4.04. The van der Waals surface area contributed by atoms with Crippen LogP contribution in [0, 0.1) is 23.0 Å². The molecule has 12 nitrogen and oxygen atoms in total. The summed E-state index contributed by atoms with van der Waals surface area (Å²) in [6.45, 7) is 6.00. The molecule has 0 saturated heterocycles. The summed E-state index contributed by atoms with van der Waals surface area (Å²) in [4.78, 5) is 22.5. The molecule has 13 heteroatoms. The number of non-ortho nitro benzene ring substituents is 1. The van der Waals surface area contributed by atoms with E-state index in [2.05, 4.69) is 15.1 Å². The number of amides is 1. The number of nitrogens with zero attached hydrogens (tertiary/aromatic N) is 3. The highest BCUT2D eigenvalue weighted by Crippen LogP contribution is 2.34. The van der Waals surface area contributed by atoms with Gasteiger partial charge in [-0.3, -0.25) is 14.9 Å². The molecule has 0 fully saturated rings. The second-order valence-electron chi connectivity index (χ2n) is 7.39. The molecule has 2 aromatic rings. The molecule has 2 rings (SSSR count).